The van der Waals surface area contributed by atoms with Crippen LogP contribution in [0.25, 0.3) is 0 Å². The topological polar surface area (TPSA) is 50.9 Å². The highest BCUT2D eigenvalue weighted by Crippen LogP contribution is 2.23. The molecule has 1 heterocycles. The molecule has 1 atom stereocenters. The van der Waals surface area contributed by atoms with E-state index < -0.39 is 0 Å². The van der Waals surface area contributed by atoms with Gasteiger partial charge in [-0.3, -0.25) is 0 Å². The quantitative estimate of drug-likeness (QED) is 0.887. The molecule has 0 aliphatic heterocycles. The number of nitrogens with one attached hydrogen (secondary N) is 1. The minimum Gasteiger partial charge on any atom is -0.332 e. The fourth-order valence-corrected chi connectivity index (χ4v) is 2.70. The molecule has 2 rings (SSSR count). The van der Waals surface area contributed by atoms with E-state index in [9.17, 15) is 0 Å². The molecule has 0 aliphatic carbocycles. The van der Waals surface area contributed by atoms with Crippen LogP contribution in [0.5, 0.6) is 0 Å². The molecule has 3 nitrogen and oxygen atoms in total. The van der Waals surface area contributed by atoms with Gasteiger partial charge in [0.05, 0.1) is 5.69 Å². The molecule has 0 amide bonds. The van der Waals surface area contributed by atoms with E-state index >= 15 is 0 Å². The minimum absolute atomic E-state index is 0.154. The molecule has 0 saturated heterocycles. The number of nitrogens with two attached hydrogens (primary N) is 1. The largest absolute Gasteiger partial charge is 0.332 e. The summed E-state index contributed by atoms with van der Waals surface area (Å²) in [5, 5.41) is 6.34. The molecule has 0 aliphatic rings. The van der Waals surface area contributed by atoms with Gasteiger partial charge in [0.2, 0.25) is 0 Å². The Kier molecular flexibility index (Phi) is 3.99. The zero-order valence-corrected chi connectivity index (χ0v) is 11.8. The summed E-state index contributed by atoms with van der Waals surface area (Å²) in [4.78, 5) is 4.53. The normalized spacial score (nSPS) is 12.4. The van der Waals surface area contributed by atoms with Gasteiger partial charge in [0.25, 0.3) is 0 Å². The summed E-state index contributed by atoms with van der Waals surface area (Å²) in [6, 6.07) is 6.56. The Labute approximate surface area is 112 Å². The summed E-state index contributed by atoms with van der Waals surface area (Å²) in [5.41, 5.74) is 10.4. The van der Waals surface area contributed by atoms with Crippen molar-refractivity contribution in [2.45, 2.75) is 33.2 Å². The minimum atomic E-state index is 0.154. The highest BCUT2D eigenvalue weighted by Gasteiger charge is 2.05. The van der Waals surface area contributed by atoms with Crippen molar-refractivity contribution in [2.24, 2.45) is 5.73 Å². The van der Waals surface area contributed by atoms with Gasteiger partial charge in [-0.1, -0.05) is 6.07 Å². The van der Waals surface area contributed by atoms with E-state index in [0.717, 1.165) is 22.9 Å². The van der Waals surface area contributed by atoms with Crippen molar-refractivity contribution in [2.75, 3.05) is 5.32 Å². The van der Waals surface area contributed by atoms with E-state index in [0.29, 0.717) is 0 Å². The number of hydrogen-bond donors (Lipinski definition) is 2. The van der Waals surface area contributed by atoms with Crippen LogP contribution in [0.15, 0.2) is 23.6 Å². The second-order valence-corrected chi connectivity index (χ2v) is 5.68. The van der Waals surface area contributed by atoms with Crippen molar-refractivity contribution >= 4 is 22.2 Å². The van der Waals surface area contributed by atoms with Crippen LogP contribution in [-0.2, 0) is 6.42 Å². The molecule has 18 heavy (non-hydrogen) atoms. The second kappa shape index (κ2) is 5.50. The summed E-state index contributed by atoms with van der Waals surface area (Å²) in [6.07, 6.45) is 0.824. The summed E-state index contributed by atoms with van der Waals surface area (Å²) in [6.45, 7) is 6.19. The van der Waals surface area contributed by atoms with Gasteiger partial charge in [-0.15, -0.1) is 11.3 Å². The lowest BCUT2D eigenvalue weighted by Gasteiger charge is -2.05. The number of aryl methyl sites for hydroxylation is 2. The fraction of sp³-hybridized carbons (Fsp3) is 0.357. The monoisotopic (exact) mass is 261 g/mol. The lowest BCUT2D eigenvalue weighted by molar-refractivity contribution is 0.726. The van der Waals surface area contributed by atoms with E-state index in [4.69, 9.17) is 5.73 Å². The zero-order chi connectivity index (χ0) is 13.1. The fourth-order valence-electron chi connectivity index (χ4n) is 1.96. The van der Waals surface area contributed by atoms with E-state index in [1.807, 2.05) is 6.92 Å². The molecule has 0 fully saturated rings. The zero-order valence-electron chi connectivity index (χ0n) is 11.0. The van der Waals surface area contributed by atoms with Crippen LogP contribution in [0.4, 0.5) is 10.8 Å². The number of hydrogen-bond acceptors (Lipinski definition) is 4. The molecule has 1 aromatic carbocycles. The Balaban J connectivity index is 2.11. The van der Waals surface area contributed by atoms with Crippen molar-refractivity contribution in [3.63, 3.8) is 0 Å². The molecule has 0 spiro atoms. The molecule has 2 aromatic rings. The maximum atomic E-state index is 5.77. The van der Waals surface area contributed by atoms with Crippen LogP contribution >= 0.6 is 11.3 Å². The SMILES string of the molecule is Cc1cc(C)cc(Nc2nc(CC(C)N)cs2)c1. The summed E-state index contributed by atoms with van der Waals surface area (Å²) < 4.78 is 0. The number of aromatic nitrogens is 1. The molecular formula is C14H19N3S. The average molecular weight is 261 g/mol. The van der Waals surface area contributed by atoms with Crippen LogP contribution < -0.4 is 11.1 Å². The molecule has 0 bridgehead atoms. The lowest BCUT2D eigenvalue weighted by atomic mass is 10.1. The number of nitrogens with zero attached hydrogens (tertiary/aromatic N) is 1. The van der Waals surface area contributed by atoms with Crippen molar-refractivity contribution in [1.82, 2.24) is 4.98 Å². The molecule has 3 N–H and O–H groups in total. The third kappa shape index (κ3) is 3.55. The van der Waals surface area contributed by atoms with Crippen molar-refractivity contribution < 1.29 is 0 Å². The Bertz CT molecular complexity index is 511. The Morgan fingerprint density at radius 2 is 1.94 bits per heavy atom. The predicted octanol–water partition coefficient (Wildman–Crippen LogP) is 3.39. The van der Waals surface area contributed by atoms with Gasteiger partial charge in [0.1, 0.15) is 0 Å². The third-order valence-corrected chi connectivity index (χ3v) is 3.36. The first-order chi connectivity index (χ1) is 8.52. The van der Waals surface area contributed by atoms with Gasteiger partial charge in [-0.2, -0.15) is 0 Å². The second-order valence-electron chi connectivity index (χ2n) is 4.83. The summed E-state index contributed by atoms with van der Waals surface area (Å²) >= 11 is 1.62. The molecule has 0 radical (unpaired) electrons. The van der Waals surface area contributed by atoms with Crippen molar-refractivity contribution in [3.05, 3.63) is 40.4 Å². The van der Waals surface area contributed by atoms with Gasteiger partial charge in [-0.25, -0.2) is 4.98 Å². The molecule has 1 unspecified atom stereocenters. The molecule has 1 aromatic heterocycles. The number of rotatable bonds is 4. The van der Waals surface area contributed by atoms with Crippen LogP contribution in [0, 0.1) is 13.8 Å². The van der Waals surface area contributed by atoms with Crippen molar-refractivity contribution in [1.29, 1.82) is 0 Å². The molecule has 96 valence electrons. The van der Waals surface area contributed by atoms with E-state index in [1.165, 1.54) is 11.1 Å². The predicted molar refractivity (Wildman–Crippen MR) is 78.7 cm³/mol. The number of thiazole rings is 1. The van der Waals surface area contributed by atoms with E-state index in [-0.39, 0.29) is 6.04 Å². The maximum Gasteiger partial charge on any atom is 0.187 e. The maximum absolute atomic E-state index is 5.77. The van der Waals surface area contributed by atoms with Crippen molar-refractivity contribution in [3.8, 4) is 0 Å². The Morgan fingerprint density at radius 1 is 1.28 bits per heavy atom. The Morgan fingerprint density at radius 3 is 2.56 bits per heavy atom. The summed E-state index contributed by atoms with van der Waals surface area (Å²) in [5.74, 6) is 0. The molecule has 4 heteroatoms. The van der Waals surface area contributed by atoms with Gasteiger partial charge in [0, 0.05) is 23.5 Å². The average Bonchev–Trinajstić information content (AvgIpc) is 2.62. The first-order valence-electron chi connectivity index (χ1n) is 6.08. The number of anilines is 2. The van der Waals surface area contributed by atoms with Gasteiger partial charge < -0.3 is 11.1 Å². The van der Waals surface area contributed by atoms with Crippen LogP contribution in [0.1, 0.15) is 23.7 Å². The van der Waals surface area contributed by atoms with Crippen LogP contribution in [0.2, 0.25) is 0 Å². The van der Waals surface area contributed by atoms with Gasteiger partial charge in [-0.05, 0) is 44.0 Å². The third-order valence-electron chi connectivity index (χ3n) is 2.56. The number of benzene rings is 1. The van der Waals surface area contributed by atoms with Gasteiger partial charge >= 0.3 is 0 Å². The first kappa shape index (κ1) is 13.1. The van der Waals surface area contributed by atoms with Crippen LogP contribution in [0.3, 0.4) is 0 Å². The summed E-state index contributed by atoms with van der Waals surface area (Å²) in [7, 11) is 0. The highest BCUT2D eigenvalue weighted by molar-refractivity contribution is 7.13. The van der Waals surface area contributed by atoms with E-state index in [2.05, 4.69) is 47.7 Å². The molecular weight excluding hydrogens is 242 g/mol. The van der Waals surface area contributed by atoms with Gasteiger partial charge in [0.15, 0.2) is 5.13 Å². The smallest absolute Gasteiger partial charge is 0.187 e. The first-order valence-corrected chi connectivity index (χ1v) is 6.96. The van der Waals surface area contributed by atoms with E-state index in [1.54, 1.807) is 11.3 Å². The van der Waals surface area contributed by atoms with Crippen LogP contribution in [-0.4, -0.2) is 11.0 Å². The Hall–Kier alpha value is -1.39. The lowest BCUT2D eigenvalue weighted by Crippen LogP contribution is -2.17. The highest BCUT2D eigenvalue weighted by atomic mass is 32.1. The standard InChI is InChI=1S/C14H19N3S/c1-9-4-10(2)6-12(5-9)16-14-17-13(8-18-14)7-11(3)15/h4-6,8,11H,7,15H2,1-3H3,(H,16,17). The molecule has 0 saturated carbocycles.